The standard InChI is InChI=1S/C11H21P/c1-3-12(4-2)11-8-9-5-6-10(11)7-9/h9-11H,3-8H2,1-2H3. The highest BCUT2D eigenvalue weighted by atomic mass is 31.1. The second-order valence-electron chi connectivity index (χ2n) is 4.46. The van der Waals surface area contributed by atoms with Gasteiger partial charge in [0.1, 0.15) is 0 Å². The van der Waals surface area contributed by atoms with Gasteiger partial charge in [0, 0.05) is 0 Å². The maximum absolute atomic E-state index is 2.40. The van der Waals surface area contributed by atoms with Crippen LogP contribution in [0.3, 0.4) is 0 Å². The van der Waals surface area contributed by atoms with Gasteiger partial charge < -0.3 is 0 Å². The first-order valence-corrected chi connectivity index (χ1v) is 7.37. The van der Waals surface area contributed by atoms with Crippen molar-refractivity contribution in [2.45, 2.75) is 45.2 Å². The van der Waals surface area contributed by atoms with Gasteiger partial charge in [0.15, 0.2) is 0 Å². The zero-order chi connectivity index (χ0) is 8.55. The van der Waals surface area contributed by atoms with Gasteiger partial charge in [-0.25, -0.2) is 0 Å². The van der Waals surface area contributed by atoms with Crippen LogP contribution in [-0.2, 0) is 0 Å². The van der Waals surface area contributed by atoms with Crippen molar-refractivity contribution >= 4 is 7.92 Å². The van der Waals surface area contributed by atoms with Crippen molar-refractivity contribution < 1.29 is 0 Å². The monoisotopic (exact) mass is 184 g/mol. The molecule has 0 heterocycles. The third kappa shape index (κ3) is 1.43. The molecule has 3 unspecified atom stereocenters. The van der Waals surface area contributed by atoms with E-state index in [1.165, 1.54) is 23.9 Å². The highest BCUT2D eigenvalue weighted by Gasteiger charge is 2.41. The zero-order valence-corrected chi connectivity index (χ0v) is 9.32. The average molecular weight is 184 g/mol. The second kappa shape index (κ2) is 3.66. The minimum Gasteiger partial charge on any atom is -0.104 e. The predicted octanol–water partition coefficient (Wildman–Crippen LogP) is 3.70. The van der Waals surface area contributed by atoms with E-state index in [-0.39, 0.29) is 0 Å². The van der Waals surface area contributed by atoms with Crippen LogP contribution in [0.4, 0.5) is 0 Å². The SMILES string of the molecule is CCP(CC)C1CC2CCC1C2. The molecule has 2 fully saturated rings. The normalized spacial score (nSPS) is 39.8. The van der Waals surface area contributed by atoms with Crippen molar-refractivity contribution in [3.63, 3.8) is 0 Å². The van der Waals surface area contributed by atoms with Crippen LogP contribution in [0.1, 0.15) is 39.5 Å². The fourth-order valence-corrected chi connectivity index (χ4v) is 6.20. The van der Waals surface area contributed by atoms with Gasteiger partial charge in [-0.1, -0.05) is 20.3 Å². The van der Waals surface area contributed by atoms with Crippen LogP contribution in [0.5, 0.6) is 0 Å². The molecule has 0 aromatic heterocycles. The summed E-state index contributed by atoms with van der Waals surface area (Å²) in [5, 5.41) is 0. The summed E-state index contributed by atoms with van der Waals surface area (Å²) in [6, 6.07) is 0. The first kappa shape index (κ1) is 9.00. The van der Waals surface area contributed by atoms with E-state index in [2.05, 4.69) is 13.8 Å². The quantitative estimate of drug-likeness (QED) is 0.587. The molecule has 0 aromatic carbocycles. The molecular formula is C11H21P. The van der Waals surface area contributed by atoms with Gasteiger partial charge in [0.25, 0.3) is 0 Å². The summed E-state index contributed by atoms with van der Waals surface area (Å²) in [6.07, 6.45) is 9.33. The molecule has 12 heavy (non-hydrogen) atoms. The minimum absolute atomic E-state index is 0.428. The summed E-state index contributed by atoms with van der Waals surface area (Å²) >= 11 is 0. The predicted molar refractivity (Wildman–Crippen MR) is 57.2 cm³/mol. The van der Waals surface area contributed by atoms with E-state index >= 15 is 0 Å². The van der Waals surface area contributed by atoms with E-state index in [0.717, 1.165) is 5.92 Å². The third-order valence-electron chi connectivity index (χ3n) is 3.98. The topological polar surface area (TPSA) is 0 Å². The van der Waals surface area contributed by atoms with E-state index < -0.39 is 0 Å². The van der Waals surface area contributed by atoms with Crippen LogP contribution in [0.15, 0.2) is 0 Å². The number of fused-ring (bicyclic) bond motifs is 2. The first-order chi connectivity index (χ1) is 5.85. The van der Waals surface area contributed by atoms with Gasteiger partial charge in [0.2, 0.25) is 0 Å². The molecule has 0 spiro atoms. The summed E-state index contributed by atoms with van der Waals surface area (Å²) in [5.41, 5.74) is 1.19. The third-order valence-corrected chi connectivity index (χ3v) is 7.18. The maximum Gasteiger partial charge on any atom is -0.0178 e. The molecule has 2 rings (SSSR count). The lowest BCUT2D eigenvalue weighted by atomic mass is 10.0. The Kier molecular flexibility index (Phi) is 2.75. The Balaban J connectivity index is 1.96. The van der Waals surface area contributed by atoms with Crippen LogP contribution in [0, 0.1) is 11.8 Å². The highest BCUT2D eigenvalue weighted by molar-refractivity contribution is 7.58. The largest absolute Gasteiger partial charge is 0.104 e. The van der Waals surface area contributed by atoms with Gasteiger partial charge in [-0.05, 0) is 49.1 Å². The molecular weight excluding hydrogens is 163 g/mol. The Labute approximate surface area is 77.9 Å². The summed E-state index contributed by atoms with van der Waals surface area (Å²) in [6.45, 7) is 4.81. The van der Waals surface area contributed by atoms with Gasteiger partial charge in [-0.3, -0.25) is 0 Å². The fraction of sp³-hybridized carbons (Fsp3) is 1.00. The Hall–Kier alpha value is 0.430. The smallest absolute Gasteiger partial charge is 0.0178 e. The van der Waals surface area contributed by atoms with Crippen LogP contribution >= 0.6 is 7.92 Å². The molecule has 0 radical (unpaired) electrons. The molecule has 2 aliphatic rings. The molecule has 1 heteroatoms. The molecule has 0 aliphatic heterocycles. The summed E-state index contributed by atoms with van der Waals surface area (Å²) in [7, 11) is 0.428. The van der Waals surface area contributed by atoms with Gasteiger partial charge in [0.05, 0.1) is 0 Å². The van der Waals surface area contributed by atoms with Crippen molar-refractivity contribution in [2.24, 2.45) is 11.8 Å². The molecule has 0 saturated heterocycles. The lowest BCUT2D eigenvalue weighted by Crippen LogP contribution is -2.16. The number of rotatable bonds is 3. The van der Waals surface area contributed by atoms with E-state index in [9.17, 15) is 0 Å². The molecule has 0 aromatic rings. The summed E-state index contributed by atoms with van der Waals surface area (Å²) in [5.74, 6) is 2.32. The molecule has 2 saturated carbocycles. The maximum atomic E-state index is 2.40. The zero-order valence-electron chi connectivity index (χ0n) is 8.42. The Morgan fingerprint density at radius 1 is 1.08 bits per heavy atom. The molecule has 2 bridgehead atoms. The van der Waals surface area contributed by atoms with Crippen LogP contribution in [0.25, 0.3) is 0 Å². The first-order valence-electron chi connectivity index (χ1n) is 5.59. The van der Waals surface area contributed by atoms with Crippen LogP contribution in [0.2, 0.25) is 0 Å². The van der Waals surface area contributed by atoms with Gasteiger partial charge in [-0.15, -0.1) is 7.92 Å². The van der Waals surface area contributed by atoms with E-state index in [0.29, 0.717) is 7.92 Å². The lowest BCUT2D eigenvalue weighted by molar-refractivity contribution is 0.487. The van der Waals surface area contributed by atoms with E-state index in [1.54, 1.807) is 25.7 Å². The van der Waals surface area contributed by atoms with Crippen molar-refractivity contribution in [3.8, 4) is 0 Å². The Morgan fingerprint density at radius 3 is 2.25 bits per heavy atom. The summed E-state index contributed by atoms with van der Waals surface area (Å²) < 4.78 is 0. The van der Waals surface area contributed by atoms with Crippen molar-refractivity contribution in [1.29, 1.82) is 0 Å². The van der Waals surface area contributed by atoms with Crippen LogP contribution in [-0.4, -0.2) is 18.0 Å². The van der Waals surface area contributed by atoms with Gasteiger partial charge in [-0.2, -0.15) is 0 Å². The molecule has 0 nitrogen and oxygen atoms in total. The number of hydrogen-bond donors (Lipinski definition) is 0. The fourth-order valence-electron chi connectivity index (χ4n) is 3.35. The highest BCUT2D eigenvalue weighted by Crippen LogP contribution is 2.58. The molecule has 70 valence electrons. The minimum atomic E-state index is 0.428. The Bertz CT molecular complexity index is 151. The summed E-state index contributed by atoms with van der Waals surface area (Å²) in [4.78, 5) is 0. The number of hydrogen-bond acceptors (Lipinski definition) is 0. The van der Waals surface area contributed by atoms with E-state index in [4.69, 9.17) is 0 Å². The average Bonchev–Trinajstić information content (AvgIpc) is 2.67. The Morgan fingerprint density at radius 2 is 1.83 bits per heavy atom. The van der Waals surface area contributed by atoms with Crippen molar-refractivity contribution in [3.05, 3.63) is 0 Å². The van der Waals surface area contributed by atoms with Gasteiger partial charge >= 0.3 is 0 Å². The van der Waals surface area contributed by atoms with Crippen molar-refractivity contribution in [1.82, 2.24) is 0 Å². The molecule has 0 amide bonds. The molecule has 0 N–H and O–H groups in total. The van der Waals surface area contributed by atoms with Crippen molar-refractivity contribution in [2.75, 3.05) is 12.3 Å². The molecule has 2 aliphatic carbocycles. The van der Waals surface area contributed by atoms with Crippen LogP contribution < -0.4 is 0 Å². The lowest BCUT2D eigenvalue weighted by Gasteiger charge is -2.29. The van der Waals surface area contributed by atoms with E-state index in [1.807, 2.05) is 0 Å². The second-order valence-corrected chi connectivity index (χ2v) is 7.57. The molecule has 3 atom stereocenters.